The highest BCUT2D eigenvalue weighted by molar-refractivity contribution is 7.71. The predicted octanol–water partition coefficient (Wildman–Crippen LogP) is 3.69. The van der Waals surface area contributed by atoms with Gasteiger partial charge in [-0.15, -0.1) is 0 Å². The van der Waals surface area contributed by atoms with E-state index in [0.29, 0.717) is 11.4 Å². The van der Waals surface area contributed by atoms with Crippen molar-refractivity contribution in [3.63, 3.8) is 0 Å². The molecule has 2 heterocycles. The third-order valence-corrected chi connectivity index (χ3v) is 5.86. The number of hydrogen-bond donors (Lipinski definition) is 0. The average molecular weight is 408 g/mol. The monoisotopic (exact) mass is 407 g/mol. The zero-order chi connectivity index (χ0) is 20.4. The maximum atomic E-state index is 11.4. The summed E-state index contributed by atoms with van der Waals surface area (Å²) in [6, 6.07) is 16.1. The van der Waals surface area contributed by atoms with E-state index in [1.54, 1.807) is 13.3 Å². The SMILES string of the molecule is CC(=O)c1ccc(N2CCN(Cn3ncn(-c4ccccc4C)c3=S)CC2)cc1. The average Bonchev–Trinajstić information content (AvgIpc) is 3.09. The van der Waals surface area contributed by atoms with Crippen molar-refractivity contribution in [3.05, 3.63) is 70.8 Å². The normalized spacial score (nSPS) is 14.9. The fraction of sp³-hybridized carbons (Fsp3) is 0.318. The van der Waals surface area contributed by atoms with Crippen LogP contribution in [-0.2, 0) is 6.67 Å². The molecule has 2 aromatic carbocycles. The number of nitrogens with zero attached hydrogens (tertiary/aromatic N) is 5. The molecular weight excluding hydrogens is 382 g/mol. The molecule has 7 heteroatoms. The Morgan fingerprint density at radius 1 is 1.03 bits per heavy atom. The van der Waals surface area contributed by atoms with Crippen molar-refractivity contribution in [2.45, 2.75) is 20.5 Å². The van der Waals surface area contributed by atoms with Gasteiger partial charge in [0.2, 0.25) is 4.77 Å². The Morgan fingerprint density at radius 2 is 1.72 bits per heavy atom. The van der Waals surface area contributed by atoms with Crippen LogP contribution >= 0.6 is 12.2 Å². The Balaban J connectivity index is 1.40. The molecule has 3 aromatic rings. The highest BCUT2D eigenvalue weighted by Gasteiger charge is 2.18. The third-order valence-electron chi connectivity index (χ3n) is 5.45. The van der Waals surface area contributed by atoms with E-state index in [2.05, 4.69) is 34.0 Å². The van der Waals surface area contributed by atoms with Crippen LogP contribution < -0.4 is 4.90 Å². The first kappa shape index (κ1) is 19.5. The van der Waals surface area contributed by atoms with Gasteiger partial charge in [-0.2, -0.15) is 5.10 Å². The lowest BCUT2D eigenvalue weighted by molar-refractivity contribution is 0.101. The number of rotatable bonds is 5. The Kier molecular flexibility index (Phi) is 5.60. The second-order valence-corrected chi connectivity index (χ2v) is 7.78. The summed E-state index contributed by atoms with van der Waals surface area (Å²) < 4.78 is 4.57. The standard InChI is InChI=1S/C22H25N5OS/c1-17-5-3-4-6-21(17)26-15-23-27(22(26)29)16-24-11-13-25(14-12-24)20-9-7-19(8-10-20)18(2)28/h3-10,15H,11-14,16H2,1-2H3. The van der Waals surface area contributed by atoms with Gasteiger partial charge in [-0.05, 0) is 62.0 Å². The molecule has 0 amide bonds. The van der Waals surface area contributed by atoms with Crippen LogP contribution in [0.25, 0.3) is 5.69 Å². The van der Waals surface area contributed by atoms with Gasteiger partial charge < -0.3 is 4.90 Å². The molecule has 1 fully saturated rings. The van der Waals surface area contributed by atoms with Crippen LogP contribution in [0.3, 0.4) is 0 Å². The maximum absolute atomic E-state index is 11.4. The summed E-state index contributed by atoms with van der Waals surface area (Å²) in [6.07, 6.45) is 1.80. The number of benzene rings is 2. The Morgan fingerprint density at radius 3 is 2.38 bits per heavy atom. The number of carbonyl (C=O) groups excluding carboxylic acids is 1. The van der Waals surface area contributed by atoms with Crippen LogP contribution in [0.2, 0.25) is 0 Å². The quantitative estimate of drug-likeness (QED) is 0.477. The van der Waals surface area contributed by atoms with Crippen LogP contribution in [-0.4, -0.2) is 51.2 Å². The number of aromatic nitrogens is 3. The van der Waals surface area contributed by atoms with E-state index in [-0.39, 0.29) is 5.78 Å². The largest absolute Gasteiger partial charge is 0.369 e. The van der Waals surface area contributed by atoms with Crippen molar-refractivity contribution in [3.8, 4) is 5.69 Å². The number of aryl methyl sites for hydroxylation is 1. The van der Waals surface area contributed by atoms with Crippen molar-refractivity contribution >= 4 is 23.7 Å². The summed E-state index contributed by atoms with van der Waals surface area (Å²) in [5.41, 5.74) is 4.16. The van der Waals surface area contributed by atoms with Crippen LogP contribution in [0.15, 0.2) is 54.9 Å². The number of carbonyl (C=O) groups is 1. The van der Waals surface area contributed by atoms with E-state index in [1.807, 2.05) is 45.6 Å². The van der Waals surface area contributed by atoms with E-state index >= 15 is 0 Å². The first-order valence-corrected chi connectivity index (χ1v) is 10.2. The molecule has 1 saturated heterocycles. The number of Topliss-reactive ketones (excluding diaryl/α,β-unsaturated/α-hetero) is 1. The lowest BCUT2D eigenvalue weighted by atomic mass is 10.1. The fourth-order valence-corrected chi connectivity index (χ4v) is 3.93. The highest BCUT2D eigenvalue weighted by Crippen LogP contribution is 2.18. The summed E-state index contributed by atoms with van der Waals surface area (Å²) in [5.74, 6) is 0.100. The molecule has 1 aliphatic heterocycles. The molecule has 150 valence electrons. The number of piperazine rings is 1. The Labute approximate surface area is 176 Å². The number of para-hydroxylation sites is 1. The van der Waals surface area contributed by atoms with E-state index in [9.17, 15) is 4.79 Å². The topological polar surface area (TPSA) is 46.3 Å². The highest BCUT2D eigenvalue weighted by atomic mass is 32.1. The van der Waals surface area contributed by atoms with Gasteiger partial charge >= 0.3 is 0 Å². The van der Waals surface area contributed by atoms with Crippen LogP contribution in [0.4, 0.5) is 5.69 Å². The predicted molar refractivity (Wildman–Crippen MR) is 117 cm³/mol. The van der Waals surface area contributed by atoms with E-state index in [4.69, 9.17) is 12.2 Å². The molecular formula is C22H25N5OS. The molecule has 1 aliphatic rings. The smallest absolute Gasteiger partial charge is 0.203 e. The molecule has 0 bridgehead atoms. The molecule has 1 aromatic heterocycles. The summed E-state index contributed by atoms with van der Waals surface area (Å²) in [4.78, 5) is 16.2. The molecule has 0 unspecified atom stereocenters. The number of anilines is 1. The Bertz CT molecular complexity index is 1060. The molecule has 0 radical (unpaired) electrons. The van der Waals surface area contributed by atoms with Crippen molar-refractivity contribution in [2.75, 3.05) is 31.1 Å². The lowest BCUT2D eigenvalue weighted by Crippen LogP contribution is -2.47. The van der Waals surface area contributed by atoms with Crippen LogP contribution in [0, 0.1) is 11.7 Å². The van der Waals surface area contributed by atoms with E-state index in [1.165, 1.54) is 5.56 Å². The van der Waals surface area contributed by atoms with Crippen molar-refractivity contribution < 1.29 is 4.79 Å². The Hall–Kier alpha value is -2.77. The van der Waals surface area contributed by atoms with Crippen molar-refractivity contribution in [1.29, 1.82) is 0 Å². The first-order chi connectivity index (χ1) is 14.0. The minimum atomic E-state index is 0.100. The zero-order valence-electron chi connectivity index (χ0n) is 16.8. The summed E-state index contributed by atoms with van der Waals surface area (Å²) in [7, 11) is 0. The van der Waals surface area contributed by atoms with Gasteiger partial charge in [0.25, 0.3) is 0 Å². The summed E-state index contributed by atoms with van der Waals surface area (Å²) in [6.45, 7) is 8.11. The van der Waals surface area contributed by atoms with Gasteiger partial charge in [-0.3, -0.25) is 14.3 Å². The molecule has 29 heavy (non-hydrogen) atoms. The third kappa shape index (κ3) is 4.16. The van der Waals surface area contributed by atoms with E-state index < -0.39 is 0 Å². The van der Waals surface area contributed by atoms with Gasteiger partial charge in [0.1, 0.15) is 6.33 Å². The van der Waals surface area contributed by atoms with Crippen molar-refractivity contribution in [2.24, 2.45) is 0 Å². The second kappa shape index (κ2) is 8.31. The van der Waals surface area contributed by atoms with Gasteiger partial charge in [0, 0.05) is 37.4 Å². The van der Waals surface area contributed by atoms with Gasteiger partial charge in [0.15, 0.2) is 5.78 Å². The molecule has 6 nitrogen and oxygen atoms in total. The van der Waals surface area contributed by atoms with Gasteiger partial charge in [0.05, 0.1) is 12.4 Å². The summed E-state index contributed by atoms with van der Waals surface area (Å²) in [5, 5.41) is 4.52. The first-order valence-electron chi connectivity index (χ1n) is 9.82. The molecule has 0 atom stereocenters. The maximum Gasteiger partial charge on any atom is 0.203 e. The van der Waals surface area contributed by atoms with Crippen LogP contribution in [0.1, 0.15) is 22.8 Å². The molecule has 0 spiro atoms. The minimum absolute atomic E-state index is 0.100. The molecule has 4 rings (SSSR count). The lowest BCUT2D eigenvalue weighted by Gasteiger charge is -2.35. The fourth-order valence-electron chi connectivity index (χ4n) is 3.68. The molecule has 0 N–H and O–H groups in total. The molecule has 0 saturated carbocycles. The number of hydrogen-bond acceptors (Lipinski definition) is 5. The van der Waals surface area contributed by atoms with Gasteiger partial charge in [-0.1, -0.05) is 18.2 Å². The summed E-state index contributed by atoms with van der Waals surface area (Å²) >= 11 is 5.67. The number of ketones is 1. The van der Waals surface area contributed by atoms with Crippen molar-refractivity contribution in [1.82, 2.24) is 19.2 Å². The van der Waals surface area contributed by atoms with Crippen LogP contribution in [0.5, 0.6) is 0 Å². The van der Waals surface area contributed by atoms with Gasteiger partial charge in [-0.25, -0.2) is 4.68 Å². The zero-order valence-corrected chi connectivity index (χ0v) is 17.6. The van der Waals surface area contributed by atoms with E-state index in [0.717, 1.165) is 43.1 Å². The second-order valence-electron chi connectivity index (χ2n) is 7.42. The molecule has 0 aliphatic carbocycles. The minimum Gasteiger partial charge on any atom is -0.369 e.